The van der Waals surface area contributed by atoms with Crippen molar-refractivity contribution in [2.45, 2.75) is 38.7 Å². The first-order valence-corrected chi connectivity index (χ1v) is 8.59. The summed E-state index contributed by atoms with van der Waals surface area (Å²) in [6.45, 7) is 3.08. The topological polar surface area (TPSA) is 23.5 Å². The number of hydrogen-bond donors (Lipinski definition) is 1. The summed E-state index contributed by atoms with van der Waals surface area (Å²) in [6, 6.07) is 6.25. The Balaban J connectivity index is 2.36. The zero-order chi connectivity index (χ0) is 17.5. The van der Waals surface area contributed by atoms with E-state index in [0.717, 1.165) is 41.6 Å². The molecule has 0 radical (unpaired) electrons. The summed E-state index contributed by atoms with van der Waals surface area (Å²) >= 11 is 0. The van der Waals surface area contributed by atoms with Crippen LogP contribution in [-0.4, -0.2) is 30.6 Å². The van der Waals surface area contributed by atoms with E-state index < -0.39 is 0 Å². The number of benzene rings is 1. The van der Waals surface area contributed by atoms with Crippen molar-refractivity contribution in [3.63, 3.8) is 0 Å². The molecule has 0 amide bonds. The molecule has 2 rings (SSSR count). The number of aliphatic hydroxyl groups is 1. The largest absolute Gasteiger partial charge is 0.392 e. The van der Waals surface area contributed by atoms with Gasteiger partial charge in [0.05, 0.1) is 6.61 Å². The summed E-state index contributed by atoms with van der Waals surface area (Å²) in [7, 11) is 4.14. The first-order chi connectivity index (χ1) is 11.5. The minimum absolute atomic E-state index is 0.0301. The maximum atomic E-state index is 13.6. The summed E-state index contributed by atoms with van der Waals surface area (Å²) < 4.78 is 13.6. The van der Waals surface area contributed by atoms with Crippen molar-refractivity contribution in [1.29, 1.82) is 0 Å². The molecule has 0 bridgehead atoms. The Morgan fingerprint density at radius 2 is 2.04 bits per heavy atom. The molecule has 2 nitrogen and oxygen atoms in total. The molecule has 1 aromatic carbocycles. The van der Waals surface area contributed by atoms with E-state index in [0.29, 0.717) is 6.42 Å². The lowest BCUT2D eigenvalue weighted by Gasteiger charge is -2.23. The zero-order valence-electron chi connectivity index (χ0n) is 14.9. The van der Waals surface area contributed by atoms with Gasteiger partial charge in [0.25, 0.3) is 0 Å². The highest BCUT2D eigenvalue weighted by Gasteiger charge is 2.19. The Morgan fingerprint density at radius 3 is 2.75 bits per heavy atom. The standard InChI is InChI=1S/C21H28FNO/c1-16-9-12-21(18(14-16)15-24)20(8-5-13-23(2)3)17-6-4-7-19(22)11-10-17/h4,6,9-12,14,20,24H,5,7-8,13,15H2,1-3H3. The van der Waals surface area contributed by atoms with Crippen molar-refractivity contribution < 1.29 is 9.50 Å². The highest BCUT2D eigenvalue weighted by Crippen LogP contribution is 2.34. The van der Waals surface area contributed by atoms with Crippen molar-refractivity contribution in [3.8, 4) is 0 Å². The van der Waals surface area contributed by atoms with Crippen LogP contribution in [-0.2, 0) is 6.61 Å². The highest BCUT2D eigenvalue weighted by atomic mass is 19.1. The minimum atomic E-state index is -0.112. The van der Waals surface area contributed by atoms with E-state index in [9.17, 15) is 9.50 Å². The predicted octanol–water partition coefficient (Wildman–Crippen LogP) is 4.65. The van der Waals surface area contributed by atoms with E-state index in [-0.39, 0.29) is 18.4 Å². The Bertz CT molecular complexity index is 643. The van der Waals surface area contributed by atoms with Crippen molar-refractivity contribution in [1.82, 2.24) is 4.90 Å². The molecule has 1 aliphatic carbocycles. The second kappa shape index (κ2) is 8.95. The van der Waals surface area contributed by atoms with Crippen LogP contribution >= 0.6 is 0 Å². The van der Waals surface area contributed by atoms with Gasteiger partial charge in [0.15, 0.2) is 0 Å². The van der Waals surface area contributed by atoms with Crippen LogP contribution in [0.3, 0.4) is 0 Å². The average Bonchev–Trinajstić information content (AvgIpc) is 2.76. The van der Waals surface area contributed by atoms with E-state index in [4.69, 9.17) is 0 Å². The van der Waals surface area contributed by atoms with Crippen LogP contribution in [0.2, 0.25) is 0 Å². The van der Waals surface area contributed by atoms with Crippen LogP contribution in [0.25, 0.3) is 0 Å². The summed E-state index contributed by atoms with van der Waals surface area (Å²) in [5, 5.41) is 9.78. The van der Waals surface area contributed by atoms with Crippen LogP contribution in [0, 0.1) is 6.92 Å². The SMILES string of the molecule is Cc1ccc(C(CCCN(C)C)C2=CC=C(F)CC=C2)c(CO)c1. The average molecular weight is 329 g/mol. The van der Waals surface area contributed by atoms with E-state index >= 15 is 0 Å². The number of rotatable bonds is 7. The minimum Gasteiger partial charge on any atom is -0.392 e. The Labute approximate surface area is 145 Å². The van der Waals surface area contributed by atoms with Gasteiger partial charge in [-0.1, -0.05) is 42.0 Å². The molecule has 1 aliphatic rings. The molecule has 24 heavy (non-hydrogen) atoms. The van der Waals surface area contributed by atoms with Gasteiger partial charge in [-0.15, -0.1) is 0 Å². The molecular formula is C21H28FNO. The maximum absolute atomic E-state index is 13.6. The fourth-order valence-electron chi connectivity index (χ4n) is 3.17. The predicted molar refractivity (Wildman–Crippen MR) is 98.7 cm³/mol. The lowest BCUT2D eigenvalue weighted by atomic mass is 9.83. The number of hydrogen-bond acceptors (Lipinski definition) is 2. The monoisotopic (exact) mass is 329 g/mol. The maximum Gasteiger partial charge on any atom is 0.104 e. The molecule has 1 atom stereocenters. The van der Waals surface area contributed by atoms with Crippen molar-refractivity contribution in [3.05, 3.63) is 70.6 Å². The van der Waals surface area contributed by atoms with Gasteiger partial charge < -0.3 is 10.0 Å². The van der Waals surface area contributed by atoms with Gasteiger partial charge in [0.1, 0.15) is 5.83 Å². The summed E-state index contributed by atoms with van der Waals surface area (Å²) in [6.07, 6.45) is 9.75. The quantitative estimate of drug-likeness (QED) is 0.787. The number of aliphatic hydroxyl groups excluding tert-OH is 1. The van der Waals surface area contributed by atoms with Crippen molar-refractivity contribution >= 4 is 0 Å². The van der Waals surface area contributed by atoms with Gasteiger partial charge in [-0.25, -0.2) is 4.39 Å². The highest BCUT2D eigenvalue weighted by molar-refractivity contribution is 5.43. The second-order valence-electron chi connectivity index (χ2n) is 6.75. The Hall–Kier alpha value is -1.71. The number of nitrogens with zero attached hydrogens (tertiary/aromatic N) is 1. The molecule has 1 aromatic rings. The molecule has 3 heteroatoms. The third-order valence-corrected chi connectivity index (χ3v) is 4.42. The third kappa shape index (κ3) is 5.15. The molecule has 0 spiro atoms. The van der Waals surface area contributed by atoms with E-state index in [1.165, 1.54) is 0 Å². The molecule has 0 aromatic heterocycles. The van der Waals surface area contributed by atoms with Gasteiger partial charge in [-0.3, -0.25) is 0 Å². The number of aryl methyl sites for hydroxylation is 1. The Morgan fingerprint density at radius 1 is 1.25 bits per heavy atom. The molecule has 0 saturated carbocycles. The molecule has 0 heterocycles. The van der Waals surface area contributed by atoms with Crippen LogP contribution in [0.4, 0.5) is 4.39 Å². The van der Waals surface area contributed by atoms with Gasteiger partial charge in [0, 0.05) is 12.3 Å². The first-order valence-electron chi connectivity index (χ1n) is 8.59. The lowest BCUT2D eigenvalue weighted by Crippen LogP contribution is -2.15. The molecule has 0 aliphatic heterocycles. The van der Waals surface area contributed by atoms with E-state index in [1.54, 1.807) is 6.08 Å². The van der Waals surface area contributed by atoms with Crippen LogP contribution in [0.5, 0.6) is 0 Å². The molecule has 130 valence electrons. The fraction of sp³-hybridized carbons (Fsp3) is 0.429. The van der Waals surface area contributed by atoms with Gasteiger partial charge in [0.2, 0.25) is 0 Å². The molecule has 0 fully saturated rings. The smallest absolute Gasteiger partial charge is 0.104 e. The Kier molecular flexibility index (Phi) is 6.95. The summed E-state index contributed by atoms with van der Waals surface area (Å²) in [5.41, 5.74) is 4.37. The molecular weight excluding hydrogens is 301 g/mol. The normalized spacial score (nSPS) is 15.9. The lowest BCUT2D eigenvalue weighted by molar-refractivity contribution is 0.280. The van der Waals surface area contributed by atoms with Crippen LogP contribution in [0.15, 0.2) is 53.9 Å². The van der Waals surface area contributed by atoms with E-state index in [1.807, 2.05) is 31.2 Å². The fourth-order valence-corrected chi connectivity index (χ4v) is 3.17. The van der Waals surface area contributed by atoms with Crippen LogP contribution in [0.1, 0.15) is 41.9 Å². The molecule has 1 N–H and O–H groups in total. The number of allylic oxidation sites excluding steroid dienone is 6. The van der Waals surface area contributed by atoms with Crippen molar-refractivity contribution in [2.75, 3.05) is 20.6 Å². The molecule has 0 saturated heterocycles. The number of halogens is 1. The van der Waals surface area contributed by atoms with Gasteiger partial charge in [-0.2, -0.15) is 0 Å². The van der Waals surface area contributed by atoms with Crippen molar-refractivity contribution in [2.24, 2.45) is 0 Å². The molecule has 1 unspecified atom stereocenters. The van der Waals surface area contributed by atoms with E-state index in [2.05, 4.69) is 31.1 Å². The zero-order valence-corrected chi connectivity index (χ0v) is 14.9. The summed E-state index contributed by atoms with van der Waals surface area (Å²) in [5.74, 6) is 0.0608. The summed E-state index contributed by atoms with van der Waals surface area (Å²) in [4.78, 5) is 2.18. The first kappa shape index (κ1) is 18.6. The second-order valence-corrected chi connectivity index (χ2v) is 6.75. The van der Waals surface area contributed by atoms with Gasteiger partial charge in [-0.05, 0) is 63.2 Å². The van der Waals surface area contributed by atoms with Crippen LogP contribution < -0.4 is 0 Å². The third-order valence-electron chi connectivity index (χ3n) is 4.42. The van der Waals surface area contributed by atoms with Gasteiger partial charge >= 0.3 is 0 Å².